The molecule has 0 atom stereocenters. The molecule has 0 radical (unpaired) electrons. The van der Waals surface area contributed by atoms with E-state index in [2.05, 4.69) is 36.9 Å². The molecule has 0 spiro atoms. The van der Waals surface area contributed by atoms with Crippen LogP contribution in [0.4, 0.5) is 0 Å². The van der Waals surface area contributed by atoms with Crippen LogP contribution in [0.15, 0.2) is 55.2 Å². The molecule has 1 aliphatic rings. The normalized spacial score (nSPS) is 16.9. The molecule has 1 amide bonds. The predicted octanol–water partition coefficient (Wildman–Crippen LogP) is 7.53. The lowest BCUT2D eigenvalue weighted by Crippen LogP contribution is -2.35. The maximum absolute atomic E-state index is 13.0. The Labute approximate surface area is 209 Å². The number of rotatable bonds is 6. The van der Waals surface area contributed by atoms with Crippen LogP contribution in [-0.4, -0.2) is 28.1 Å². The smallest absolute Gasteiger partial charge is 0.266 e. The van der Waals surface area contributed by atoms with E-state index in [0.717, 1.165) is 25.2 Å². The fourth-order valence-corrected chi connectivity index (χ4v) is 5.75. The van der Waals surface area contributed by atoms with Gasteiger partial charge in [-0.3, -0.25) is 14.7 Å². The van der Waals surface area contributed by atoms with E-state index in [9.17, 15) is 4.79 Å². The second kappa shape index (κ2) is 10.6. The molecule has 1 saturated heterocycles. The Morgan fingerprint density at radius 2 is 1.74 bits per heavy atom. The topological polar surface area (TPSA) is 41.9 Å². The van der Waals surface area contributed by atoms with Gasteiger partial charge in [-0.05, 0) is 113 Å². The number of halogens is 3. The Kier molecular flexibility index (Phi) is 8.30. The molecule has 31 heavy (non-hydrogen) atoms. The summed E-state index contributed by atoms with van der Waals surface area (Å²) in [6.45, 7) is 8.43. The van der Waals surface area contributed by atoms with Crippen LogP contribution in [-0.2, 0) is 11.4 Å². The Bertz CT molecular complexity index is 1010. The fraction of sp³-hybridized carbons (Fsp3) is 0.304. The van der Waals surface area contributed by atoms with Crippen molar-refractivity contribution >= 4 is 72.4 Å². The molecule has 1 aliphatic heterocycles. The molecule has 164 valence electrons. The number of aliphatic imine (C=N–C) groups is 1. The number of benzene rings is 2. The molecule has 4 nitrogen and oxygen atoms in total. The maximum atomic E-state index is 13.0. The molecule has 1 heterocycles. The third-order valence-corrected chi connectivity index (χ3v) is 6.76. The van der Waals surface area contributed by atoms with Crippen LogP contribution < -0.4 is 4.74 Å². The van der Waals surface area contributed by atoms with Crippen molar-refractivity contribution in [2.75, 3.05) is 0 Å². The SMILES string of the molecule is CC(C)N=C1S/C(=C/c2cc(Br)c(OCc3ccc(Cl)cc3)c(Br)c2)C(=O)N1C(C)C. The Balaban J connectivity index is 1.83. The van der Waals surface area contributed by atoms with Gasteiger partial charge in [0.1, 0.15) is 12.4 Å². The molecule has 0 bridgehead atoms. The second-order valence-electron chi connectivity index (χ2n) is 7.61. The lowest BCUT2D eigenvalue weighted by Gasteiger charge is -2.20. The number of hydrogen-bond acceptors (Lipinski definition) is 4. The molecule has 3 rings (SSSR count). The van der Waals surface area contributed by atoms with E-state index in [0.29, 0.717) is 22.3 Å². The van der Waals surface area contributed by atoms with E-state index in [1.807, 2.05) is 70.2 Å². The molecule has 2 aromatic rings. The zero-order valence-electron chi connectivity index (χ0n) is 17.7. The number of carbonyl (C=O) groups is 1. The van der Waals surface area contributed by atoms with Gasteiger partial charge in [0, 0.05) is 17.1 Å². The molecule has 0 unspecified atom stereocenters. The summed E-state index contributed by atoms with van der Waals surface area (Å²) in [5.41, 5.74) is 1.91. The van der Waals surface area contributed by atoms with Gasteiger partial charge in [-0.1, -0.05) is 23.7 Å². The van der Waals surface area contributed by atoms with E-state index in [1.165, 1.54) is 11.8 Å². The number of hydrogen-bond donors (Lipinski definition) is 0. The summed E-state index contributed by atoms with van der Waals surface area (Å²) in [5.74, 6) is 0.683. The van der Waals surface area contributed by atoms with Crippen molar-refractivity contribution in [3.8, 4) is 5.75 Å². The van der Waals surface area contributed by atoms with Crippen molar-refractivity contribution < 1.29 is 9.53 Å². The van der Waals surface area contributed by atoms with Gasteiger partial charge in [0.15, 0.2) is 5.17 Å². The minimum absolute atomic E-state index is 0.0188. The molecule has 8 heteroatoms. The van der Waals surface area contributed by atoms with E-state index in [4.69, 9.17) is 16.3 Å². The summed E-state index contributed by atoms with van der Waals surface area (Å²) in [6, 6.07) is 11.6. The van der Waals surface area contributed by atoms with Crippen LogP contribution in [0.5, 0.6) is 5.75 Å². The largest absolute Gasteiger partial charge is 0.487 e. The van der Waals surface area contributed by atoms with Crippen molar-refractivity contribution in [3.05, 3.63) is 66.4 Å². The summed E-state index contributed by atoms with van der Waals surface area (Å²) >= 11 is 14.5. The molecule has 1 fully saturated rings. The van der Waals surface area contributed by atoms with Gasteiger partial charge in [0.2, 0.25) is 0 Å². The Hall–Kier alpha value is -1.28. The van der Waals surface area contributed by atoms with Gasteiger partial charge in [0.25, 0.3) is 5.91 Å². The summed E-state index contributed by atoms with van der Waals surface area (Å²) in [6.07, 6.45) is 1.89. The van der Waals surface area contributed by atoms with E-state index in [-0.39, 0.29) is 18.0 Å². The number of thioether (sulfide) groups is 1. The molecule has 0 saturated carbocycles. The van der Waals surface area contributed by atoms with Crippen LogP contribution in [0.25, 0.3) is 6.08 Å². The first-order chi connectivity index (χ1) is 14.7. The molecule has 0 aliphatic carbocycles. The van der Waals surface area contributed by atoms with Crippen molar-refractivity contribution in [3.63, 3.8) is 0 Å². The third-order valence-electron chi connectivity index (χ3n) is 4.34. The van der Waals surface area contributed by atoms with E-state index in [1.54, 1.807) is 4.90 Å². The summed E-state index contributed by atoms with van der Waals surface area (Å²) in [4.78, 5) is 20.0. The average Bonchev–Trinajstić information content (AvgIpc) is 2.96. The first-order valence-electron chi connectivity index (χ1n) is 9.83. The number of amidine groups is 1. The molecular weight excluding hydrogens is 564 g/mol. The summed E-state index contributed by atoms with van der Waals surface area (Å²) < 4.78 is 7.59. The summed E-state index contributed by atoms with van der Waals surface area (Å²) in [7, 11) is 0. The minimum atomic E-state index is -0.0188. The maximum Gasteiger partial charge on any atom is 0.266 e. The van der Waals surface area contributed by atoms with Crippen molar-refractivity contribution in [1.82, 2.24) is 4.90 Å². The molecule has 0 aromatic heterocycles. The number of amides is 1. The Morgan fingerprint density at radius 3 is 2.29 bits per heavy atom. The van der Waals surface area contributed by atoms with Crippen LogP contribution in [0, 0.1) is 0 Å². The van der Waals surface area contributed by atoms with Crippen molar-refractivity contribution in [2.24, 2.45) is 4.99 Å². The van der Waals surface area contributed by atoms with Crippen LogP contribution in [0.1, 0.15) is 38.8 Å². The van der Waals surface area contributed by atoms with Crippen LogP contribution in [0.2, 0.25) is 5.02 Å². The highest BCUT2D eigenvalue weighted by Gasteiger charge is 2.35. The van der Waals surface area contributed by atoms with Gasteiger partial charge < -0.3 is 4.74 Å². The summed E-state index contributed by atoms with van der Waals surface area (Å²) in [5, 5.41) is 1.45. The van der Waals surface area contributed by atoms with Crippen LogP contribution >= 0.6 is 55.2 Å². The first-order valence-corrected chi connectivity index (χ1v) is 12.6. The number of nitrogens with zero attached hydrogens (tertiary/aromatic N) is 2. The van der Waals surface area contributed by atoms with Crippen molar-refractivity contribution in [2.45, 2.75) is 46.4 Å². The lowest BCUT2D eigenvalue weighted by molar-refractivity contribution is -0.123. The fourth-order valence-electron chi connectivity index (χ4n) is 2.94. The zero-order valence-corrected chi connectivity index (χ0v) is 22.4. The van der Waals surface area contributed by atoms with E-state index < -0.39 is 0 Å². The monoisotopic (exact) mass is 584 g/mol. The predicted molar refractivity (Wildman–Crippen MR) is 138 cm³/mol. The minimum Gasteiger partial charge on any atom is -0.487 e. The third kappa shape index (κ3) is 6.15. The van der Waals surface area contributed by atoms with Gasteiger partial charge in [-0.25, -0.2) is 0 Å². The molecular formula is C23H23Br2ClN2O2S. The van der Waals surface area contributed by atoms with Gasteiger partial charge in [-0.15, -0.1) is 0 Å². The number of carbonyl (C=O) groups excluding carboxylic acids is 1. The quantitative estimate of drug-likeness (QED) is 0.329. The molecule has 2 aromatic carbocycles. The molecule has 0 N–H and O–H groups in total. The highest BCUT2D eigenvalue weighted by Crippen LogP contribution is 2.38. The first kappa shape index (κ1) is 24.4. The van der Waals surface area contributed by atoms with Crippen LogP contribution in [0.3, 0.4) is 0 Å². The highest BCUT2D eigenvalue weighted by molar-refractivity contribution is 9.11. The Morgan fingerprint density at radius 1 is 1.13 bits per heavy atom. The lowest BCUT2D eigenvalue weighted by atomic mass is 10.2. The standard InChI is InChI=1S/C23H23Br2ClN2O2S/c1-13(2)27-23-28(14(3)4)22(29)20(31-23)11-16-9-18(24)21(19(25)10-16)30-12-15-5-7-17(26)8-6-15/h5-11,13-14H,12H2,1-4H3/b20-11+,27-23?. The van der Waals surface area contributed by atoms with E-state index >= 15 is 0 Å². The van der Waals surface area contributed by atoms with Crippen molar-refractivity contribution in [1.29, 1.82) is 0 Å². The zero-order chi connectivity index (χ0) is 22.7. The second-order valence-corrected chi connectivity index (χ2v) is 10.8. The van der Waals surface area contributed by atoms with Gasteiger partial charge in [0.05, 0.1) is 13.9 Å². The highest BCUT2D eigenvalue weighted by atomic mass is 79.9. The van der Waals surface area contributed by atoms with Gasteiger partial charge >= 0.3 is 0 Å². The van der Waals surface area contributed by atoms with Gasteiger partial charge in [-0.2, -0.15) is 0 Å². The number of ether oxygens (including phenoxy) is 1. The average molecular weight is 587 g/mol.